The van der Waals surface area contributed by atoms with Crippen LogP contribution in [-0.2, 0) is 26.2 Å². The minimum Gasteiger partial charge on any atom is -0.432 e. The van der Waals surface area contributed by atoms with Crippen LogP contribution in [0.1, 0.15) is 20.3 Å². The van der Waals surface area contributed by atoms with E-state index in [0.717, 1.165) is 0 Å². The second-order valence-corrected chi connectivity index (χ2v) is 8.82. The molecule has 1 aromatic heterocycles. The lowest BCUT2D eigenvalue weighted by atomic mass is 10.2. The van der Waals surface area contributed by atoms with Crippen molar-refractivity contribution in [1.29, 1.82) is 0 Å². The molecule has 0 amide bonds. The van der Waals surface area contributed by atoms with Crippen LogP contribution in [0.15, 0.2) is 40.2 Å². The number of aromatic nitrogens is 1. The van der Waals surface area contributed by atoms with Crippen molar-refractivity contribution in [3.8, 4) is 0 Å². The molecule has 9 nitrogen and oxygen atoms in total. The van der Waals surface area contributed by atoms with Crippen molar-refractivity contribution in [3.05, 3.63) is 40.8 Å². The number of sulfonamides is 1. The molecule has 152 valence electrons. The first-order chi connectivity index (χ1) is 13.2. The Hall–Kier alpha value is -2.43. The maximum Gasteiger partial charge on any atom is 0.510 e. The van der Waals surface area contributed by atoms with Gasteiger partial charge >= 0.3 is 6.16 Å². The van der Waals surface area contributed by atoms with Crippen molar-refractivity contribution in [3.63, 3.8) is 0 Å². The number of benzene rings is 1. The Kier molecular flexibility index (Phi) is 5.73. The summed E-state index contributed by atoms with van der Waals surface area (Å²) in [6.45, 7) is 3.62. The molecular formula is C18H23N3O6S. The van der Waals surface area contributed by atoms with Crippen LogP contribution < -0.4 is 11.3 Å². The SMILES string of the molecule is CC(C)OC(=O)OCn1ccc2c(S(=O)(=O)N3CCC(N)C3)cccc2c1=O. The van der Waals surface area contributed by atoms with Gasteiger partial charge in [-0.25, -0.2) is 13.2 Å². The molecule has 0 aliphatic carbocycles. The van der Waals surface area contributed by atoms with Crippen molar-refractivity contribution in [2.24, 2.45) is 5.73 Å². The van der Waals surface area contributed by atoms with E-state index in [0.29, 0.717) is 18.4 Å². The van der Waals surface area contributed by atoms with E-state index >= 15 is 0 Å². The molecule has 0 saturated carbocycles. The van der Waals surface area contributed by atoms with Gasteiger partial charge in [-0.2, -0.15) is 4.31 Å². The fraction of sp³-hybridized carbons (Fsp3) is 0.444. The lowest BCUT2D eigenvalue weighted by molar-refractivity contribution is 0.0154. The van der Waals surface area contributed by atoms with Crippen LogP contribution in [0.4, 0.5) is 4.79 Å². The highest BCUT2D eigenvalue weighted by Crippen LogP contribution is 2.26. The first-order valence-corrected chi connectivity index (χ1v) is 10.4. The number of carbonyl (C=O) groups is 1. The van der Waals surface area contributed by atoms with Gasteiger partial charge in [0, 0.05) is 36.1 Å². The molecular weight excluding hydrogens is 386 g/mol. The molecule has 0 radical (unpaired) electrons. The van der Waals surface area contributed by atoms with Gasteiger partial charge in [0.15, 0.2) is 6.73 Å². The van der Waals surface area contributed by atoms with E-state index in [9.17, 15) is 18.0 Å². The molecule has 2 aromatic rings. The third-order valence-electron chi connectivity index (χ3n) is 4.44. The summed E-state index contributed by atoms with van der Waals surface area (Å²) in [6.07, 6.45) is 0.763. The van der Waals surface area contributed by atoms with Crippen molar-refractivity contribution < 1.29 is 22.7 Å². The third kappa shape index (κ3) is 4.03. The monoisotopic (exact) mass is 409 g/mol. The molecule has 2 N–H and O–H groups in total. The highest BCUT2D eigenvalue weighted by Gasteiger charge is 2.32. The lowest BCUT2D eigenvalue weighted by Crippen LogP contribution is -2.32. The van der Waals surface area contributed by atoms with Gasteiger partial charge in [0.2, 0.25) is 10.0 Å². The highest BCUT2D eigenvalue weighted by atomic mass is 32.2. The van der Waals surface area contributed by atoms with E-state index in [4.69, 9.17) is 15.2 Å². The van der Waals surface area contributed by atoms with Crippen LogP contribution in [0.5, 0.6) is 0 Å². The van der Waals surface area contributed by atoms with Crippen LogP contribution in [0, 0.1) is 0 Å². The first-order valence-electron chi connectivity index (χ1n) is 8.91. The van der Waals surface area contributed by atoms with Crippen molar-refractivity contribution in [1.82, 2.24) is 8.87 Å². The summed E-state index contributed by atoms with van der Waals surface area (Å²) >= 11 is 0. The molecule has 1 aromatic carbocycles. The predicted molar refractivity (Wildman–Crippen MR) is 102 cm³/mol. The normalized spacial score (nSPS) is 17.9. The van der Waals surface area contributed by atoms with E-state index in [1.165, 1.54) is 39.3 Å². The third-order valence-corrected chi connectivity index (χ3v) is 6.36. The van der Waals surface area contributed by atoms with Crippen molar-refractivity contribution >= 4 is 27.0 Å². The molecule has 28 heavy (non-hydrogen) atoms. The van der Waals surface area contributed by atoms with E-state index in [-0.39, 0.29) is 35.7 Å². The van der Waals surface area contributed by atoms with Crippen LogP contribution >= 0.6 is 0 Å². The summed E-state index contributed by atoms with van der Waals surface area (Å²) in [6, 6.07) is 5.86. The van der Waals surface area contributed by atoms with Crippen LogP contribution in [0.25, 0.3) is 10.8 Å². The number of ether oxygens (including phenoxy) is 2. The Morgan fingerprint density at radius 3 is 2.68 bits per heavy atom. The Balaban J connectivity index is 1.93. The van der Waals surface area contributed by atoms with Crippen molar-refractivity contribution in [2.75, 3.05) is 13.1 Å². The minimum atomic E-state index is -3.77. The number of hydrogen-bond donors (Lipinski definition) is 1. The van der Waals surface area contributed by atoms with Crippen LogP contribution in [0.3, 0.4) is 0 Å². The second kappa shape index (κ2) is 7.90. The summed E-state index contributed by atoms with van der Waals surface area (Å²) in [5.41, 5.74) is 5.37. The molecule has 1 fully saturated rings. The van der Waals surface area contributed by atoms with E-state index in [2.05, 4.69) is 0 Å². The zero-order valence-corrected chi connectivity index (χ0v) is 16.5. The second-order valence-electron chi connectivity index (χ2n) is 6.91. The number of nitrogens with zero attached hydrogens (tertiary/aromatic N) is 2. The zero-order valence-electron chi connectivity index (χ0n) is 15.7. The van der Waals surface area contributed by atoms with Gasteiger partial charge in [-0.3, -0.25) is 9.36 Å². The van der Waals surface area contributed by atoms with Crippen LogP contribution in [0.2, 0.25) is 0 Å². The Morgan fingerprint density at radius 2 is 2.04 bits per heavy atom. The molecule has 2 heterocycles. The van der Waals surface area contributed by atoms with Gasteiger partial charge in [-0.1, -0.05) is 6.07 Å². The minimum absolute atomic E-state index is 0.0588. The van der Waals surface area contributed by atoms with E-state index < -0.39 is 21.7 Å². The molecule has 10 heteroatoms. The van der Waals surface area contributed by atoms with Crippen molar-refractivity contribution in [2.45, 2.75) is 44.0 Å². The quantitative estimate of drug-likeness (QED) is 0.738. The number of hydrogen-bond acceptors (Lipinski definition) is 7. The van der Waals surface area contributed by atoms with Crippen LogP contribution in [-0.4, -0.2) is 48.7 Å². The molecule has 0 spiro atoms. The smallest absolute Gasteiger partial charge is 0.432 e. The van der Waals surface area contributed by atoms with Gasteiger partial charge in [0.05, 0.1) is 11.0 Å². The summed E-state index contributed by atoms with van der Waals surface area (Å²) in [5, 5.41) is 0.530. The van der Waals surface area contributed by atoms with Gasteiger partial charge in [-0.05, 0) is 38.5 Å². The average Bonchev–Trinajstić information content (AvgIpc) is 3.07. The number of rotatable bonds is 5. The molecule has 1 aliphatic rings. The zero-order chi connectivity index (χ0) is 20.5. The lowest BCUT2D eigenvalue weighted by Gasteiger charge is -2.17. The number of pyridine rings is 1. The Labute approximate surface area is 162 Å². The maximum absolute atomic E-state index is 13.0. The molecule has 0 bridgehead atoms. The average molecular weight is 409 g/mol. The maximum atomic E-state index is 13.0. The van der Waals surface area contributed by atoms with Gasteiger partial charge in [0.1, 0.15) is 0 Å². The number of carbonyl (C=O) groups excluding carboxylic acids is 1. The van der Waals surface area contributed by atoms with Gasteiger partial charge in [0.25, 0.3) is 5.56 Å². The molecule has 1 aliphatic heterocycles. The fourth-order valence-electron chi connectivity index (χ4n) is 3.08. The molecule has 3 rings (SSSR count). The molecule has 1 saturated heterocycles. The Bertz CT molecular complexity index is 1050. The molecule has 1 unspecified atom stereocenters. The largest absolute Gasteiger partial charge is 0.510 e. The van der Waals surface area contributed by atoms with Gasteiger partial charge < -0.3 is 15.2 Å². The summed E-state index contributed by atoms with van der Waals surface area (Å²) < 4.78 is 38.3. The summed E-state index contributed by atoms with van der Waals surface area (Å²) in [7, 11) is -3.77. The fourth-order valence-corrected chi connectivity index (χ4v) is 4.79. The first kappa shape index (κ1) is 20.3. The number of nitrogens with two attached hydrogens (primary N) is 1. The summed E-state index contributed by atoms with van der Waals surface area (Å²) in [5.74, 6) is 0. The van der Waals surface area contributed by atoms with E-state index in [1.54, 1.807) is 13.8 Å². The van der Waals surface area contributed by atoms with E-state index in [1.807, 2.05) is 0 Å². The Morgan fingerprint density at radius 1 is 1.29 bits per heavy atom. The topological polar surface area (TPSA) is 121 Å². The van der Waals surface area contributed by atoms with Gasteiger partial charge in [-0.15, -0.1) is 0 Å². The predicted octanol–water partition coefficient (Wildman–Crippen LogP) is 1.24. The molecule has 1 atom stereocenters. The summed E-state index contributed by atoms with van der Waals surface area (Å²) in [4.78, 5) is 24.3. The highest BCUT2D eigenvalue weighted by molar-refractivity contribution is 7.89. The standard InChI is InChI=1S/C18H23N3O6S/c1-12(2)27-18(23)26-11-20-8-7-14-15(17(20)22)4-3-5-16(14)28(24,25)21-9-6-13(19)10-21/h3-5,7-8,12-13H,6,9-11,19H2,1-2H3. The number of fused-ring (bicyclic) bond motifs is 1.